The lowest BCUT2D eigenvalue weighted by Gasteiger charge is -2.09. The molecule has 0 amide bonds. The van der Waals surface area contributed by atoms with E-state index >= 15 is 0 Å². The quantitative estimate of drug-likeness (QED) is 0.859. The van der Waals surface area contributed by atoms with E-state index in [0.29, 0.717) is 10.0 Å². The first-order valence-electron chi connectivity index (χ1n) is 4.34. The van der Waals surface area contributed by atoms with Crippen LogP contribution in [0.1, 0.15) is 5.56 Å². The number of carboxylic acids is 2. The van der Waals surface area contributed by atoms with Gasteiger partial charge < -0.3 is 14.9 Å². The van der Waals surface area contributed by atoms with Gasteiger partial charge in [0, 0.05) is 10.0 Å². The van der Waals surface area contributed by atoms with E-state index in [1.54, 1.807) is 12.1 Å². The van der Waals surface area contributed by atoms with Crippen LogP contribution in [-0.4, -0.2) is 28.8 Å². The van der Waals surface area contributed by atoms with Crippen LogP contribution in [0.3, 0.4) is 0 Å². The topological polar surface area (TPSA) is 83.8 Å². The van der Waals surface area contributed by atoms with Crippen molar-refractivity contribution in [1.82, 2.24) is 0 Å². The van der Waals surface area contributed by atoms with Crippen molar-refractivity contribution in [1.29, 1.82) is 0 Å². The minimum absolute atomic E-state index is 0.226. The van der Waals surface area contributed by atoms with E-state index < -0.39 is 18.5 Å². The van der Waals surface area contributed by atoms with Crippen LogP contribution < -0.4 is 4.74 Å². The van der Waals surface area contributed by atoms with Crippen molar-refractivity contribution in [3.63, 3.8) is 0 Å². The van der Waals surface area contributed by atoms with Gasteiger partial charge in [-0.25, -0.2) is 4.79 Å². The van der Waals surface area contributed by atoms with Crippen molar-refractivity contribution in [3.05, 3.63) is 28.2 Å². The summed E-state index contributed by atoms with van der Waals surface area (Å²) in [5.74, 6) is -1.85. The second-order valence-corrected chi connectivity index (χ2v) is 3.82. The Balaban J connectivity index is 2.93. The third kappa shape index (κ3) is 3.54. The molecular formula is C10H9BrO5. The molecule has 0 radical (unpaired) electrons. The van der Waals surface area contributed by atoms with Gasteiger partial charge in [0.15, 0.2) is 6.61 Å². The maximum Gasteiger partial charge on any atom is 0.341 e. The van der Waals surface area contributed by atoms with Crippen LogP contribution in [0.4, 0.5) is 0 Å². The van der Waals surface area contributed by atoms with Crippen LogP contribution in [0.2, 0.25) is 0 Å². The van der Waals surface area contributed by atoms with E-state index in [4.69, 9.17) is 14.9 Å². The van der Waals surface area contributed by atoms with Gasteiger partial charge in [0.25, 0.3) is 0 Å². The molecule has 0 aromatic heterocycles. The highest BCUT2D eigenvalue weighted by Crippen LogP contribution is 2.27. The number of hydrogen-bond acceptors (Lipinski definition) is 3. The van der Waals surface area contributed by atoms with Gasteiger partial charge in [-0.15, -0.1) is 0 Å². The summed E-state index contributed by atoms with van der Waals surface area (Å²) in [4.78, 5) is 21.0. The van der Waals surface area contributed by atoms with Crippen LogP contribution >= 0.6 is 15.9 Å². The second kappa shape index (κ2) is 5.50. The minimum atomic E-state index is -1.11. The molecule has 0 saturated carbocycles. The molecule has 0 fully saturated rings. The van der Waals surface area contributed by atoms with Crippen molar-refractivity contribution in [2.75, 3.05) is 6.61 Å². The van der Waals surface area contributed by atoms with Crippen molar-refractivity contribution in [2.24, 2.45) is 0 Å². The molecule has 6 heteroatoms. The number of benzene rings is 1. The molecule has 0 bridgehead atoms. The Morgan fingerprint density at radius 1 is 1.25 bits per heavy atom. The average Bonchev–Trinajstić information content (AvgIpc) is 2.18. The van der Waals surface area contributed by atoms with Gasteiger partial charge in [-0.2, -0.15) is 0 Å². The molecule has 1 aromatic carbocycles. The Morgan fingerprint density at radius 2 is 1.94 bits per heavy atom. The Bertz CT molecular complexity index is 416. The molecule has 0 atom stereocenters. The summed E-state index contributed by atoms with van der Waals surface area (Å²) in [7, 11) is 0. The maximum absolute atomic E-state index is 10.6. The van der Waals surface area contributed by atoms with Gasteiger partial charge in [-0.3, -0.25) is 4.79 Å². The number of ether oxygens (including phenoxy) is 1. The average molecular weight is 289 g/mol. The molecule has 0 aliphatic rings. The van der Waals surface area contributed by atoms with Crippen molar-refractivity contribution in [2.45, 2.75) is 6.42 Å². The van der Waals surface area contributed by atoms with E-state index in [1.165, 1.54) is 6.07 Å². The fraction of sp³-hybridized carbons (Fsp3) is 0.200. The van der Waals surface area contributed by atoms with E-state index in [1.807, 2.05) is 0 Å². The highest BCUT2D eigenvalue weighted by Gasteiger charge is 2.12. The normalized spacial score (nSPS) is 9.81. The molecular weight excluding hydrogens is 280 g/mol. The number of rotatable bonds is 5. The van der Waals surface area contributed by atoms with Crippen molar-refractivity contribution < 1.29 is 24.5 Å². The summed E-state index contributed by atoms with van der Waals surface area (Å²) in [6, 6.07) is 4.85. The van der Waals surface area contributed by atoms with Gasteiger partial charge in [0.1, 0.15) is 5.75 Å². The molecule has 0 aliphatic carbocycles. The smallest absolute Gasteiger partial charge is 0.341 e. The monoisotopic (exact) mass is 288 g/mol. The first-order valence-corrected chi connectivity index (χ1v) is 5.13. The Labute approximate surface area is 99.8 Å². The predicted molar refractivity (Wildman–Crippen MR) is 58.6 cm³/mol. The summed E-state index contributed by atoms with van der Waals surface area (Å²) in [5.41, 5.74) is 0.427. The van der Waals surface area contributed by atoms with E-state index in [-0.39, 0.29) is 12.2 Å². The van der Waals surface area contributed by atoms with Gasteiger partial charge in [-0.1, -0.05) is 22.0 Å². The number of hydrogen-bond donors (Lipinski definition) is 2. The first-order chi connectivity index (χ1) is 7.50. The highest BCUT2D eigenvalue weighted by atomic mass is 79.9. The van der Waals surface area contributed by atoms with Crippen LogP contribution in [0.15, 0.2) is 22.7 Å². The molecule has 0 saturated heterocycles. The van der Waals surface area contributed by atoms with Gasteiger partial charge in [0.05, 0.1) is 6.42 Å². The zero-order chi connectivity index (χ0) is 12.1. The molecule has 0 spiro atoms. The maximum atomic E-state index is 10.6. The Kier molecular flexibility index (Phi) is 4.30. The lowest BCUT2D eigenvalue weighted by Crippen LogP contribution is -2.12. The largest absolute Gasteiger partial charge is 0.482 e. The molecule has 86 valence electrons. The zero-order valence-corrected chi connectivity index (χ0v) is 9.73. The van der Waals surface area contributed by atoms with Crippen LogP contribution in [0.25, 0.3) is 0 Å². The van der Waals surface area contributed by atoms with E-state index in [2.05, 4.69) is 15.9 Å². The lowest BCUT2D eigenvalue weighted by molar-refractivity contribution is -0.139. The molecule has 5 nitrogen and oxygen atoms in total. The molecule has 2 N–H and O–H groups in total. The van der Waals surface area contributed by atoms with Crippen LogP contribution in [0, 0.1) is 0 Å². The highest BCUT2D eigenvalue weighted by molar-refractivity contribution is 9.10. The molecule has 0 aliphatic heterocycles. The fourth-order valence-corrected chi connectivity index (χ4v) is 1.62. The van der Waals surface area contributed by atoms with Gasteiger partial charge in [-0.05, 0) is 12.1 Å². The summed E-state index contributed by atoms with van der Waals surface area (Å²) < 4.78 is 5.57. The first kappa shape index (κ1) is 12.5. The lowest BCUT2D eigenvalue weighted by atomic mass is 10.1. The number of halogens is 1. The minimum Gasteiger partial charge on any atom is -0.482 e. The molecule has 0 unspecified atom stereocenters. The number of carboxylic acid groups (broad SMARTS) is 2. The standard InChI is InChI=1S/C10H9BrO5/c11-7-2-1-3-8(16-5-10(14)15)6(7)4-9(12)13/h1-3H,4-5H2,(H,12,13)(H,14,15). The van der Waals surface area contributed by atoms with Crippen molar-refractivity contribution >= 4 is 27.9 Å². The predicted octanol–water partition coefficient (Wildman–Crippen LogP) is 1.54. The Morgan fingerprint density at radius 3 is 2.50 bits per heavy atom. The van der Waals surface area contributed by atoms with Crippen LogP contribution in [0.5, 0.6) is 5.75 Å². The third-order valence-corrected chi connectivity index (χ3v) is 2.50. The van der Waals surface area contributed by atoms with Gasteiger partial charge in [0.2, 0.25) is 0 Å². The SMILES string of the molecule is O=C(O)COc1cccc(Br)c1CC(=O)O. The van der Waals surface area contributed by atoms with Gasteiger partial charge >= 0.3 is 11.9 Å². The molecule has 1 aromatic rings. The molecule has 16 heavy (non-hydrogen) atoms. The number of aliphatic carboxylic acids is 2. The zero-order valence-electron chi connectivity index (χ0n) is 8.14. The third-order valence-electron chi connectivity index (χ3n) is 1.76. The van der Waals surface area contributed by atoms with E-state index in [9.17, 15) is 9.59 Å². The molecule has 1 rings (SSSR count). The molecule has 0 heterocycles. The summed E-state index contributed by atoms with van der Waals surface area (Å²) in [5, 5.41) is 17.2. The summed E-state index contributed by atoms with van der Waals surface area (Å²) >= 11 is 3.19. The van der Waals surface area contributed by atoms with Crippen LogP contribution in [-0.2, 0) is 16.0 Å². The number of carbonyl (C=O) groups is 2. The fourth-order valence-electron chi connectivity index (χ4n) is 1.14. The Hall–Kier alpha value is -1.56. The summed E-state index contributed by atoms with van der Waals surface area (Å²) in [6.07, 6.45) is -0.226. The summed E-state index contributed by atoms with van der Waals surface area (Å²) in [6.45, 7) is -0.497. The second-order valence-electron chi connectivity index (χ2n) is 2.97. The van der Waals surface area contributed by atoms with Crippen molar-refractivity contribution in [3.8, 4) is 5.75 Å². The van der Waals surface area contributed by atoms with E-state index in [0.717, 1.165) is 0 Å².